The number of hydrogen-bond acceptors (Lipinski definition) is 5. The van der Waals surface area contributed by atoms with Crippen molar-refractivity contribution in [2.75, 3.05) is 12.4 Å². The van der Waals surface area contributed by atoms with E-state index in [9.17, 15) is 16.8 Å². The van der Waals surface area contributed by atoms with Gasteiger partial charge in [0, 0.05) is 0 Å². The average molecular weight is 308 g/mol. The van der Waals surface area contributed by atoms with Gasteiger partial charge in [0.25, 0.3) is 20.2 Å². The molecule has 1 N–H and O–H groups in total. The molecule has 0 fully saturated rings. The van der Waals surface area contributed by atoms with Gasteiger partial charge in [-0.15, -0.1) is 0 Å². The van der Waals surface area contributed by atoms with Gasteiger partial charge in [0.2, 0.25) is 0 Å². The first kappa shape index (κ1) is 16.1. The van der Waals surface area contributed by atoms with Crippen molar-refractivity contribution in [3.8, 4) is 0 Å². The Morgan fingerprint density at radius 2 is 1.53 bits per heavy atom. The van der Waals surface area contributed by atoms with Crippen LogP contribution in [0.25, 0.3) is 0 Å². The lowest BCUT2D eigenvalue weighted by atomic mass is 10.1. The van der Waals surface area contributed by atoms with Crippen molar-refractivity contribution in [1.82, 2.24) is 0 Å². The second-order valence-electron chi connectivity index (χ2n) is 4.29. The lowest BCUT2D eigenvalue weighted by Crippen LogP contribution is -2.16. The van der Waals surface area contributed by atoms with Crippen molar-refractivity contribution in [1.29, 1.82) is 0 Å². The van der Waals surface area contributed by atoms with Gasteiger partial charge in [-0.05, 0) is 31.9 Å². The molecule has 0 aromatic heterocycles. The molecule has 0 aliphatic rings. The Hall–Kier alpha value is -0.960. The summed E-state index contributed by atoms with van der Waals surface area (Å²) in [5.41, 5.74) is 1.99. The summed E-state index contributed by atoms with van der Waals surface area (Å²) in [6.45, 7) is 4.50. The predicted octanol–water partition coefficient (Wildman–Crippen LogP) is 1.20. The molecule has 8 heteroatoms. The van der Waals surface area contributed by atoms with Crippen LogP contribution in [0.2, 0.25) is 0 Å². The summed E-state index contributed by atoms with van der Waals surface area (Å²) in [6.07, 6.45) is 0. The van der Waals surface area contributed by atoms with E-state index in [-0.39, 0.29) is 4.90 Å². The quantitative estimate of drug-likeness (QED) is 0.648. The minimum absolute atomic E-state index is 0.0356. The van der Waals surface area contributed by atoms with E-state index in [1.165, 1.54) is 0 Å². The van der Waals surface area contributed by atoms with Crippen molar-refractivity contribution in [3.63, 3.8) is 0 Å². The summed E-state index contributed by atoms with van der Waals surface area (Å²) < 4.78 is 58.1. The van der Waals surface area contributed by atoms with E-state index in [2.05, 4.69) is 4.18 Å². The Balaban J connectivity index is 3.02. The maximum Gasteiger partial charge on any atom is 0.297 e. The van der Waals surface area contributed by atoms with Crippen LogP contribution in [-0.4, -0.2) is 33.7 Å². The van der Waals surface area contributed by atoms with Crippen LogP contribution in [0.1, 0.15) is 16.7 Å². The third-order valence-electron chi connectivity index (χ3n) is 2.43. The highest BCUT2D eigenvalue weighted by atomic mass is 32.2. The molecule has 0 aliphatic heterocycles. The Morgan fingerprint density at radius 3 is 1.95 bits per heavy atom. The lowest BCUT2D eigenvalue weighted by molar-refractivity contribution is 0.334. The monoisotopic (exact) mass is 308 g/mol. The van der Waals surface area contributed by atoms with Gasteiger partial charge in [0.1, 0.15) is 5.75 Å². The Labute approximate surface area is 113 Å². The van der Waals surface area contributed by atoms with Crippen LogP contribution in [0.3, 0.4) is 0 Å². The number of rotatable bonds is 5. The third-order valence-corrected chi connectivity index (χ3v) is 4.74. The Bertz CT molecular complexity index is 650. The molecule has 0 aliphatic carbocycles. The van der Waals surface area contributed by atoms with Crippen LogP contribution in [-0.2, 0) is 24.4 Å². The molecule has 1 aromatic rings. The number of aryl methyl sites for hydroxylation is 3. The summed E-state index contributed by atoms with van der Waals surface area (Å²) in [7, 11) is -8.28. The van der Waals surface area contributed by atoms with Gasteiger partial charge in [-0.25, -0.2) is 0 Å². The molecule has 0 saturated carbocycles. The number of benzene rings is 1. The summed E-state index contributed by atoms with van der Waals surface area (Å²) in [4.78, 5) is 0.0356. The molecule has 0 spiro atoms. The maximum absolute atomic E-state index is 12.0. The molecule has 0 unspecified atom stereocenters. The van der Waals surface area contributed by atoms with E-state index in [1.807, 2.05) is 6.92 Å². The standard InChI is InChI=1S/C11H16O6S2/c1-8-6-9(2)11(10(3)7-8)19(15,16)17-4-5-18(12,13)14/h6-7H,4-5H2,1-3H3,(H,12,13,14). The summed E-state index contributed by atoms with van der Waals surface area (Å²) in [5.74, 6) is -0.768. The van der Waals surface area contributed by atoms with Crippen molar-refractivity contribution in [2.45, 2.75) is 25.7 Å². The molecule has 0 bridgehead atoms. The van der Waals surface area contributed by atoms with Gasteiger partial charge >= 0.3 is 0 Å². The van der Waals surface area contributed by atoms with E-state index in [0.717, 1.165) is 5.56 Å². The average Bonchev–Trinajstić information content (AvgIpc) is 2.11. The van der Waals surface area contributed by atoms with Gasteiger partial charge in [-0.3, -0.25) is 8.74 Å². The largest absolute Gasteiger partial charge is 0.297 e. The Kier molecular flexibility index (Phi) is 4.72. The van der Waals surface area contributed by atoms with Crippen LogP contribution in [0.15, 0.2) is 17.0 Å². The summed E-state index contributed by atoms with van der Waals surface area (Å²) in [6, 6.07) is 3.40. The molecule has 0 radical (unpaired) electrons. The minimum atomic E-state index is -4.25. The van der Waals surface area contributed by atoms with E-state index in [4.69, 9.17) is 4.55 Å². The van der Waals surface area contributed by atoms with E-state index >= 15 is 0 Å². The molecule has 0 amide bonds. The summed E-state index contributed by atoms with van der Waals surface area (Å²) >= 11 is 0. The first-order valence-corrected chi connectivity index (χ1v) is 8.47. The third kappa shape index (κ3) is 4.57. The molecule has 108 valence electrons. The molecule has 0 atom stereocenters. The van der Waals surface area contributed by atoms with Crippen LogP contribution < -0.4 is 0 Å². The highest BCUT2D eigenvalue weighted by molar-refractivity contribution is 7.87. The minimum Gasteiger partial charge on any atom is -0.285 e. The molecular formula is C11H16O6S2. The van der Waals surface area contributed by atoms with Gasteiger partial charge in [0.15, 0.2) is 0 Å². The fourth-order valence-corrected chi connectivity index (χ4v) is 3.60. The summed E-state index contributed by atoms with van der Waals surface area (Å²) in [5, 5.41) is 0. The molecule has 19 heavy (non-hydrogen) atoms. The molecular weight excluding hydrogens is 292 g/mol. The van der Waals surface area contributed by atoms with E-state index in [0.29, 0.717) is 11.1 Å². The first-order chi connectivity index (χ1) is 8.53. The molecule has 0 heterocycles. The van der Waals surface area contributed by atoms with Crippen molar-refractivity contribution >= 4 is 20.2 Å². The van der Waals surface area contributed by atoms with Crippen LogP contribution in [0.4, 0.5) is 0 Å². The second-order valence-corrected chi connectivity index (χ2v) is 7.41. The van der Waals surface area contributed by atoms with Gasteiger partial charge in [-0.2, -0.15) is 16.8 Å². The zero-order valence-electron chi connectivity index (χ0n) is 10.9. The van der Waals surface area contributed by atoms with Crippen LogP contribution in [0.5, 0.6) is 0 Å². The SMILES string of the molecule is Cc1cc(C)c(S(=O)(=O)OCCS(=O)(=O)O)c(C)c1. The molecule has 6 nitrogen and oxygen atoms in total. The molecule has 0 saturated heterocycles. The van der Waals surface area contributed by atoms with Crippen LogP contribution >= 0.6 is 0 Å². The fraction of sp³-hybridized carbons (Fsp3) is 0.455. The predicted molar refractivity (Wildman–Crippen MR) is 70.2 cm³/mol. The lowest BCUT2D eigenvalue weighted by Gasteiger charge is -2.11. The van der Waals surface area contributed by atoms with E-state index in [1.54, 1.807) is 26.0 Å². The van der Waals surface area contributed by atoms with Crippen molar-refractivity contribution in [3.05, 3.63) is 28.8 Å². The maximum atomic E-state index is 12.0. The zero-order chi connectivity index (χ0) is 14.8. The van der Waals surface area contributed by atoms with Crippen molar-refractivity contribution in [2.24, 2.45) is 0 Å². The fourth-order valence-electron chi connectivity index (χ4n) is 1.87. The molecule has 1 rings (SSSR count). The number of hydrogen-bond donors (Lipinski definition) is 1. The second kappa shape index (κ2) is 5.58. The topological polar surface area (TPSA) is 97.7 Å². The highest BCUT2D eigenvalue weighted by Gasteiger charge is 2.21. The van der Waals surface area contributed by atoms with Gasteiger partial charge in [-0.1, -0.05) is 17.7 Å². The van der Waals surface area contributed by atoms with Gasteiger partial charge in [0.05, 0.1) is 11.5 Å². The van der Waals surface area contributed by atoms with Gasteiger partial charge < -0.3 is 0 Å². The first-order valence-electron chi connectivity index (χ1n) is 5.45. The van der Waals surface area contributed by atoms with E-state index < -0.39 is 32.6 Å². The van der Waals surface area contributed by atoms with Crippen LogP contribution in [0, 0.1) is 20.8 Å². The smallest absolute Gasteiger partial charge is 0.285 e. The zero-order valence-corrected chi connectivity index (χ0v) is 12.5. The highest BCUT2D eigenvalue weighted by Crippen LogP contribution is 2.23. The van der Waals surface area contributed by atoms with Crippen molar-refractivity contribution < 1.29 is 25.6 Å². The Morgan fingerprint density at radius 1 is 1.05 bits per heavy atom. The molecule has 1 aromatic carbocycles. The normalized spacial score (nSPS) is 12.6.